The summed E-state index contributed by atoms with van der Waals surface area (Å²) in [6.45, 7) is 4.20. The molecule has 0 spiro atoms. The Morgan fingerprint density at radius 1 is 1.50 bits per heavy atom. The van der Waals surface area contributed by atoms with E-state index in [-0.39, 0.29) is 0 Å². The highest BCUT2D eigenvalue weighted by molar-refractivity contribution is 9.10. The van der Waals surface area contributed by atoms with Crippen molar-refractivity contribution in [2.75, 3.05) is 5.32 Å². The Balaban J connectivity index is 2.12. The molecular formula is C12H13BrN2S. The Kier molecular flexibility index (Phi) is 3.61. The van der Waals surface area contributed by atoms with E-state index in [2.05, 4.69) is 56.9 Å². The molecule has 4 heteroatoms. The highest BCUT2D eigenvalue weighted by Crippen LogP contribution is 2.22. The van der Waals surface area contributed by atoms with Crippen molar-refractivity contribution < 1.29 is 0 Å². The summed E-state index contributed by atoms with van der Waals surface area (Å²) in [4.78, 5) is 4.33. The van der Waals surface area contributed by atoms with E-state index in [0.717, 1.165) is 10.3 Å². The van der Waals surface area contributed by atoms with Gasteiger partial charge >= 0.3 is 0 Å². The summed E-state index contributed by atoms with van der Waals surface area (Å²) in [5, 5.41) is 7.63. The van der Waals surface area contributed by atoms with E-state index >= 15 is 0 Å². The maximum Gasteiger partial charge on any atom is 0.126 e. The predicted molar refractivity (Wildman–Crippen MR) is 73.0 cm³/mol. The number of anilines is 1. The normalized spacial score (nSPS) is 12.4. The molecule has 0 amide bonds. The van der Waals surface area contributed by atoms with Crippen LogP contribution in [-0.2, 0) is 0 Å². The maximum absolute atomic E-state index is 4.33. The average molecular weight is 297 g/mol. The zero-order chi connectivity index (χ0) is 11.5. The summed E-state index contributed by atoms with van der Waals surface area (Å²) in [6, 6.07) is 4.47. The maximum atomic E-state index is 4.33. The first-order chi connectivity index (χ1) is 7.66. The second-order valence-electron chi connectivity index (χ2n) is 3.74. The minimum Gasteiger partial charge on any atom is -0.364 e. The fourth-order valence-corrected chi connectivity index (χ4v) is 2.42. The molecule has 0 saturated carbocycles. The van der Waals surface area contributed by atoms with Crippen LogP contribution in [0.2, 0.25) is 0 Å². The number of rotatable bonds is 3. The van der Waals surface area contributed by atoms with E-state index in [1.165, 1.54) is 11.1 Å². The lowest BCUT2D eigenvalue weighted by Crippen LogP contribution is -2.07. The van der Waals surface area contributed by atoms with Gasteiger partial charge in [0.25, 0.3) is 0 Å². The van der Waals surface area contributed by atoms with Gasteiger partial charge in [0.1, 0.15) is 5.82 Å². The van der Waals surface area contributed by atoms with Gasteiger partial charge < -0.3 is 5.32 Å². The van der Waals surface area contributed by atoms with Gasteiger partial charge in [-0.15, -0.1) is 0 Å². The van der Waals surface area contributed by atoms with E-state index in [1.807, 2.05) is 12.3 Å². The zero-order valence-electron chi connectivity index (χ0n) is 9.20. The third kappa shape index (κ3) is 2.62. The highest BCUT2D eigenvalue weighted by atomic mass is 79.9. The summed E-state index contributed by atoms with van der Waals surface area (Å²) < 4.78 is 1.04. The molecule has 2 nitrogen and oxygen atoms in total. The molecule has 0 saturated heterocycles. The number of hydrogen-bond donors (Lipinski definition) is 1. The summed E-state index contributed by atoms with van der Waals surface area (Å²) in [5.74, 6) is 0.916. The largest absolute Gasteiger partial charge is 0.364 e. The van der Waals surface area contributed by atoms with Crippen molar-refractivity contribution in [1.29, 1.82) is 0 Å². The standard InChI is InChI=1S/C12H13BrN2S/c1-8-5-12(14-6-11(8)13)15-9(2)10-3-4-16-7-10/h3-7,9H,1-2H3,(H,14,15). The van der Waals surface area contributed by atoms with Crippen LogP contribution in [0.15, 0.2) is 33.6 Å². The summed E-state index contributed by atoms with van der Waals surface area (Å²) in [7, 11) is 0. The molecule has 0 aliphatic heterocycles. The Labute approximate surface area is 108 Å². The molecule has 0 bridgehead atoms. The lowest BCUT2D eigenvalue weighted by Gasteiger charge is -2.13. The Morgan fingerprint density at radius 2 is 2.31 bits per heavy atom. The van der Waals surface area contributed by atoms with Gasteiger partial charge in [0, 0.05) is 10.7 Å². The third-order valence-electron chi connectivity index (χ3n) is 2.45. The average Bonchev–Trinajstić information content (AvgIpc) is 2.77. The number of nitrogens with one attached hydrogen (secondary N) is 1. The first-order valence-electron chi connectivity index (χ1n) is 5.07. The lowest BCUT2D eigenvalue weighted by atomic mass is 10.2. The van der Waals surface area contributed by atoms with Gasteiger partial charge in [0.05, 0.1) is 6.04 Å². The summed E-state index contributed by atoms with van der Waals surface area (Å²) >= 11 is 5.16. The molecule has 1 atom stereocenters. The first-order valence-corrected chi connectivity index (χ1v) is 6.81. The third-order valence-corrected chi connectivity index (χ3v) is 3.99. The van der Waals surface area contributed by atoms with Gasteiger partial charge in [0.15, 0.2) is 0 Å². The van der Waals surface area contributed by atoms with Crippen molar-refractivity contribution >= 4 is 33.1 Å². The quantitative estimate of drug-likeness (QED) is 0.909. The molecule has 16 heavy (non-hydrogen) atoms. The first kappa shape index (κ1) is 11.6. The van der Waals surface area contributed by atoms with Crippen LogP contribution in [0, 0.1) is 6.92 Å². The molecule has 0 fully saturated rings. The second-order valence-corrected chi connectivity index (χ2v) is 5.38. The van der Waals surface area contributed by atoms with E-state index in [4.69, 9.17) is 0 Å². The smallest absolute Gasteiger partial charge is 0.126 e. The van der Waals surface area contributed by atoms with Crippen LogP contribution in [0.1, 0.15) is 24.1 Å². The molecule has 2 heterocycles. The van der Waals surface area contributed by atoms with Crippen LogP contribution in [0.3, 0.4) is 0 Å². The minimum atomic E-state index is 0.291. The Hall–Kier alpha value is -0.870. The number of aryl methyl sites for hydroxylation is 1. The summed E-state index contributed by atoms with van der Waals surface area (Å²) in [6.07, 6.45) is 1.83. The monoisotopic (exact) mass is 296 g/mol. The van der Waals surface area contributed by atoms with Crippen molar-refractivity contribution in [2.24, 2.45) is 0 Å². The molecule has 0 aliphatic rings. The highest BCUT2D eigenvalue weighted by Gasteiger charge is 2.06. The van der Waals surface area contributed by atoms with Gasteiger partial charge in [-0.1, -0.05) is 0 Å². The molecule has 84 valence electrons. The fraction of sp³-hybridized carbons (Fsp3) is 0.250. The van der Waals surface area contributed by atoms with Crippen LogP contribution in [0.4, 0.5) is 5.82 Å². The Morgan fingerprint density at radius 3 is 2.94 bits per heavy atom. The van der Waals surface area contributed by atoms with Gasteiger partial charge in [-0.05, 0) is 63.8 Å². The summed E-state index contributed by atoms with van der Waals surface area (Å²) in [5.41, 5.74) is 2.49. The molecule has 0 aromatic carbocycles. The molecule has 1 N–H and O–H groups in total. The second kappa shape index (κ2) is 4.97. The van der Waals surface area contributed by atoms with Gasteiger partial charge in [-0.25, -0.2) is 4.98 Å². The van der Waals surface area contributed by atoms with Crippen molar-refractivity contribution in [1.82, 2.24) is 4.98 Å². The van der Waals surface area contributed by atoms with Gasteiger partial charge in [0.2, 0.25) is 0 Å². The van der Waals surface area contributed by atoms with Crippen LogP contribution in [0.25, 0.3) is 0 Å². The zero-order valence-corrected chi connectivity index (χ0v) is 11.6. The Bertz CT molecular complexity index is 468. The van der Waals surface area contributed by atoms with Crippen molar-refractivity contribution in [3.8, 4) is 0 Å². The predicted octanol–water partition coefficient (Wildman–Crippen LogP) is 4.39. The van der Waals surface area contributed by atoms with Crippen LogP contribution >= 0.6 is 27.3 Å². The fourth-order valence-electron chi connectivity index (χ4n) is 1.44. The molecule has 1 unspecified atom stereocenters. The lowest BCUT2D eigenvalue weighted by molar-refractivity contribution is 0.879. The molecule has 0 radical (unpaired) electrons. The molecular weight excluding hydrogens is 284 g/mol. The van der Waals surface area contributed by atoms with Crippen LogP contribution in [0.5, 0.6) is 0 Å². The van der Waals surface area contributed by atoms with Crippen LogP contribution in [-0.4, -0.2) is 4.98 Å². The topological polar surface area (TPSA) is 24.9 Å². The number of nitrogens with zero attached hydrogens (tertiary/aromatic N) is 1. The van der Waals surface area contributed by atoms with Crippen molar-refractivity contribution in [2.45, 2.75) is 19.9 Å². The SMILES string of the molecule is Cc1cc(NC(C)c2ccsc2)ncc1Br. The van der Waals surface area contributed by atoms with Crippen LogP contribution < -0.4 is 5.32 Å². The molecule has 0 aliphatic carbocycles. The number of thiophene rings is 1. The minimum absolute atomic E-state index is 0.291. The number of aromatic nitrogens is 1. The number of pyridine rings is 1. The number of hydrogen-bond acceptors (Lipinski definition) is 3. The number of halogens is 1. The van der Waals surface area contributed by atoms with Gasteiger partial charge in [-0.3, -0.25) is 0 Å². The molecule has 2 rings (SSSR count). The van der Waals surface area contributed by atoms with E-state index in [1.54, 1.807) is 11.3 Å². The van der Waals surface area contributed by atoms with E-state index in [9.17, 15) is 0 Å². The van der Waals surface area contributed by atoms with E-state index < -0.39 is 0 Å². The molecule has 2 aromatic heterocycles. The molecule has 2 aromatic rings. The van der Waals surface area contributed by atoms with Gasteiger partial charge in [-0.2, -0.15) is 11.3 Å². The van der Waals surface area contributed by atoms with Crippen molar-refractivity contribution in [3.05, 3.63) is 44.7 Å². The van der Waals surface area contributed by atoms with Crippen molar-refractivity contribution in [3.63, 3.8) is 0 Å². The van der Waals surface area contributed by atoms with E-state index in [0.29, 0.717) is 6.04 Å².